The van der Waals surface area contributed by atoms with Crippen molar-refractivity contribution in [2.24, 2.45) is 7.05 Å². The van der Waals surface area contributed by atoms with Crippen molar-refractivity contribution in [2.45, 2.75) is 18.8 Å². The Bertz CT molecular complexity index is 692. The Labute approximate surface area is 123 Å². The zero-order chi connectivity index (χ0) is 13.6. The van der Waals surface area contributed by atoms with Crippen LogP contribution in [0.1, 0.15) is 24.5 Å². The molecule has 1 saturated heterocycles. The first-order valence-electron chi connectivity index (χ1n) is 6.02. The van der Waals surface area contributed by atoms with Crippen molar-refractivity contribution in [1.82, 2.24) is 15.1 Å². The maximum Gasteiger partial charge on any atom is 0.235 e. The van der Waals surface area contributed by atoms with Gasteiger partial charge in [-0.3, -0.25) is 19.6 Å². The third kappa shape index (κ3) is 2.13. The molecular formula is C13H12IN3O2. The highest BCUT2D eigenvalue weighted by molar-refractivity contribution is 14.1. The maximum atomic E-state index is 11.9. The number of benzene rings is 1. The number of carbonyl (C=O) groups excluding carboxylic acids is 2. The van der Waals surface area contributed by atoms with Crippen LogP contribution in [0.5, 0.6) is 0 Å². The number of fused-ring (bicyclic) bond motifs is 1. The van der Waals surface area contributed by atoms with E-state index in [0.717, 1.165) is 20.2 Å². The monoisotopic (exact) mass is 369 g/mol. The molecule has 0 bridgehead atoms. The van der Waals surface area contributed by atoms with E-state index in [2.05, 4.69) is 33.0 Å². The number of nitrogens with one attached hydrogen (secondary N) is 1. The van der Waals surface area contributed by atoms with Gasteiger partial charge in [-0.1, -0.05) is 0 Å². The van der Waals surface area contributed by atoms with Gasteiger partial charge in [0.05, 0.1) is 17.1 Å². The fourth-order valence-corrected chi connectivity index (χ4v) is 2.95. The summed E-state index contributed by atoms with van der Waals surface area (Å²) in [6.07, 6.45) is 0.904. The Hall–Kier alpha value is -1.44. The Morgan fingerprint density at radius 1 is 1.42 bits per heavy atom. The standard InChI is InChI=1S/C13H12IN3O2/c1-17-10-6-7(14)2-3-8(10)12(16-17)9-4-5-11(18)15-13(9)19/h2-3,6,9H,4-5H2,1H3,(H,15,18,19). The van der Waals surface area contributed by atoms with Gasteiger partial charge in [0.1, 0.15) is 0 Å². The van der Waals surface area contributed by atoms with Gasteiger partial charge in [-0.2, -0.15) is 5.10 Å². The molecule has 19 heavy (non-hydrogen) atoms. The molecule has 1 aliphatic heterocycles. The summed E-state index contributed by atoms with van der Waals surface area (Å²) < 4.78 is 2.92. The first-order chi connectivity index (χ1) is 9.06. The second-order valence-corrected chi connectivity index (χ2v) is 5.92. The number of hydrogen-bond donors (Lipinski definition) is 1. The van der Waals surface area contributed by atoms with Crippen LogP contribution in [0.2, 0.25) is 0 Å². The minimum absolute atomic E-state index is 0.198. The van der Waals surface area contributed by atoms with Crippen LogP contribution < -0.4 is 5.32 Å². The molecule has 5 nitrogen and oxygen atoms in total. The average Bonchev–Trinajstić information content (AvgIpc) is 2.66. The normalized spacial score (nSPS) is 19.8. The second kappa shape index (κ2) is 4.59. The number of nitrogens with zero attached hydrogens (tertiary/aromatic N) is 2. The molecular weight excluding hydrogens is 357 g/mol. The highest BCUT2D eigenvalue weighted by Gasteiger charge is 2.31. The summed E-state index contributed by atoms with van der Waals surface area (Å²) in [5, 5.41) is 7.84. The number of imide groups is 1. The quantitative estimate of drug-likeness (QED) is 0.615. The summed E-state index contributed by atoms with van der Waals surface area (Å²) in [5.41, 5.74) is 1.77. The summed E-state index contributed by atoms with van der Waals surface area (Å²) in [4.78, 5) is 23.1. The largest absolute Gasteiger partial charge is 0.296 e. The summed E-state index contributed by atoms with van der Waals surface area (Å²) in [6.45, 7) is 0. The number of carbonyl (C=O) groups is 2. The van der Waals surface area contributed by atoms with E-state index < -0.39 is 0 Å². The lowest BCUT2D eigenvalue weighted by molar-refractivity contribution is -0.134. The van der Waals surface area contributed by atoms with E-state index in [0.29, 0.717) is 12.8 Å². The highest BCUT2D eigenvalue weighted by Crippen LogP contribution is 2.30. The van der Waals surface area contributed by atoms with Gasteiger partial charge in [-0.05, 0) is 47.2 Å². The van der Waals surface area contributed by atoms with Gasteiger partial charge in [0.15, 0.2) is 0 Å². The molecule has 1 fully saturated rings. The second-order valence-electron chi connectivity index (χ2n) is 4.67. The number of halogens is 1. The summed E-state index contributed by atoms with van der Waals surface area (Å²) >= 11 is 2.25. The van der Waals surface area contributed by atoms with E-state index in [9.17, 15) is 9.59 Å². The molecule has 0 saturated carbocycles. The van der Waals surface area contributed by atoms with E-state index in [1.165, 1.54) is 0 Å². The van der Waals surface area contributed by atoms with Crippen LogP contribution >= 0.6 is 22.6 Å². The molecule has 1 aromatic carbocycles. The van der Waals surface area contributed by atoms with Gasteiger partial charge in [-0.15, -0.1) is 0 Å². The number of hydrogen-bond acceptors (Lipinski definition) is 3. The van der Waals surface area contributed by atoms with Crippen molar-refractivity contribution < 1.29 is 9.59 Å². The van der Waals surface area contributed by atoms with E-state index in [4.69, 9.17) is 0 Å². The maximum absolute atomic E-state index is 11.9. The first-order valence-corrected chi connectivity index (χ1v) is 7.10. The molecule has 2 amide bonds. The van der Waals surface area contributed by atoms with Crippen molar-refractivity contribution in [3.63, 3.8) is 0 Å². The SMILES string of the molecule is Cn1nc(C2CCC(=O)NC2=O)c2ccc(I)cc21. The molecule has 98 valence electrons. The molecule has 1 N–H and O–H groups in total. The van der Waals surface area contributed by atoms with Gasteiger partial charge >= 0.3 is 0 Å². The third-order valence-electron chi connectivity index (χ3n) is 3.41. The van der Waals surface area contributed by atoms with Crippen LogP contribution in [0.3, 0.4) is 0 Å². The topological polar surface area (TPSA) is 64.0 Å². The van der Waals surface area contributed by atoms with Gasteiger partial charge in [-0.25, -0.2) is 0 Å². The summed E-state index contributed by atoms with van der Waals surface area (Å²) in [7, 11) is 1.87. The van der Waals surface area contributed by atoms with Crippen LogP contribution in [0, 0.1) is 3.57 Å². The van der Waals surface area contributed by atoms with Crippen LogP contribution in [0.25, 0.3) is 10.9 Å². The minimum atomic E-state index is -0.332. The Kier molecular flexibility index (Phi) is 3.04. The van der Waals surface area contributed by atoms with Crippen LogP contribution in [-0.2, 0) is 16.6 Å². The molecule has 2 heterocycles. The predicted octanol–water partition coefficient (Wildman–Crippen LogP) is 1.70. The predicted molar refractivity (Wildman–Crippen MR) is 78.6 cm³/mol. The number of piperidine rings is 1. The number of aromatic nitrogens is 2. The van der Waals surface area contributed by atoms with Crippen molar-refractivity contribution in [2.75, 3.05) is 0 Å². The molecule has 1 aromatic heterocycles. The molecule has 1 aliphatic rings. The van der Waals surface area contributed by atoms with E-state index >= 15 is 0 Å². The molecule has 6 heteroatoms. The molecule has 0 radical (unpaired) electrons. The minimum Gasteiger partial charge on any atom is -0.296 e. The molecule has 3 rings (SSSR count). The third-order valence-corrected chi connectivity index (χ3v) is 4.08. The fourth-order valence-electron chi connectivity index (χ4n) is 2.47. The van der Waals surface area contributed by atoms with Crippen molar-refractivity contribution >= 4 is 45.3 Å². The van der Waals surface area contributed by atoms with E-state index in [1.807, 2.05) is 25.2 Å². The zero-order valence-corrected chi connectivity index (χ0v) is 12.5. The van der Waals surface area contributed by atoms with Gasteiger partial charge in [0.2, 0.25) is 11.8 Å². The lowest BCUT2D eigenvalue weighted by atomic mass is 9.93. The number of rotatable bonds is 1. The number of aryl methyl sites for hydroxylation is 1. The van der Waals surface area contributed by atoms with Gasteiger partial charge in [0.25, 0.3) is 0 Å². The molecule has 0 aliphatic carbocycles. The lowest BCUT2D eigenvalue weighted by Crippen LogP contribution is -2.39. The lowest BCUT2D eigenvalue weighted by Gasteiger charge is -2.19. The molecule has 1 unspecified atom stereocenters. The van der Waals surface area contributed by atoms with Crippen molar-refractivity contribution in [1.29, 1.82) is 0 Å². The van der Waals surface area contributed by atoms with E-state index in [-0.39, 0.29) is 17.7 Å². The van der Waals surface area contributed by atoms with Crippen LogP contribution in [0.15, 0.2) is 18.2 Å². The van der Waals surface area contributed by atoms with Crippen LogP contribution in [-0.4, -0.2) is 21.6 Å². The summed E-state index contributed by atoms with van der Waals surface area (Å²) in [6, 6.07) is 6.03. The fraction of sp³-hybridized carbons (Fsp3) is 0.308. The van der Waals surface area contributed by atoms with Crippen molar-refractivity contribution in [3.8, 4) is 0 Å². The van der Waals surface area contributed by atoms with E-state index in [1.54, 1.807) is 4.68 Å². The zero-order valence-electron chi connectivity index (χ0n) is 10.3. The summed E-state index contributed by atoms with van der Waals surface area (Å²) in [5.74, 6) is -0.771. The molecule has 0 spiro atoms. The van der Waals surface area contributed by atoms with Gasteiger partial charge in [0, 0.05) is 22.4 Å². The average molecular weight is 369 g/mol. The Balaban J connectivity index is 2.10. The van der Waals surface area contributed by atoms with Gasteiger partial charge < -0.3 is 0 Å². The Morgan fingerprint density at radius 2 is 2.21 bits per heavy atom. The first kappa shape index (κ1) is 12.6. The highest BCUT2D eigenvalue weighted by atomic mass is 127. The Morgan fingerprint density at radius 3 is 2.95 bits per heavy atom. The smallest absolute Gasteiger partial charge is 0.235 e. The van der Waals surface area contributed by atoms with Crippen LogP contribution in [0.4, 0.5) is 0 Å². The molecule has 1 atom stereocenters. The number of amides is 2. The van der Waals surface area contributed by atoms with Crippen molar-refractivity contribution in [3.05, 3.63) is 27.5 Å². The molecule has 2 aromatic rings.